The number of nitrogens with zero attached hydrogens (tertiary/aromatic N) is 3. The molecule has 1 atom stereocenters. The Labute approximate surface area is 107 Å². The van der Waals surface area contributed by atoms with Crippen LogP contribution in [-0.2, 0) is 4.74 Å². The van der Waals surface area contributed by atoms with Crippen LogP contribution >= 0.6 is 11.6 Å². The number of ether oxygens (including phenoxy) is 1. The molecule has 4 nitrogen and oxygen atoms in total. The van der Waals surface area contributed by atoms with Crippen molar-refractivity contribution in [3.05, 3.63) is 11.1 Å². The van der Waals surface area contributed by atoms with E-state index in [1.165, 1.54) is 0 Å². The molecule has 1 aliphatic rings. The second kappa shape index (κ2) is 5.36. The Bertz CT molecular complexity index is 372. The van der Waals surface area contributed by atoms with Gasteiger partial charge in [0.05, 0.1) is 0 Å². The summed E-state index contributed by atoms with van der Waals surface area (Å²) in [7, 11) is 0. The van der Waals surface area contributed by atoms with Crippen LogP contribution in [0.15, 0.2) is 0 Å². The minimum absolute atomic E-state index is 0.345. The summed E-state index contributed by atoms with van der Waals surface area (Å²) < 4.78 is 7.49. The highest BCUT2D eigenvalue weighted by Crippen LogP contribution is 2.32. The molecule has 0 aromatic carbocycles. The maximum Gasteiger partial charge on any atom is 0.225 e. The van der Waals surface area contributed by atoms with E-state index >= 15 is 0 Å². The molecular formula is C12H20ClN3O. The predicted octanol–water partition coefficient (Wildman–Crippen LogP) is 3.04. The van der Waals surface area contributed by atoms with Gasteiger partial charge in [0, 0.05) is 25.2 Å². The highest BCUT2D eigenvalue weighted by molar-refractivity contribution is 6.28. The van der Waals surface area contributed by atoms with E-state index < -0.39 is 0 Å². The second-order valence-electron chi connectivity index (χ2n) is 5.04. The van der Waals surface area contributed by atoms with E-state index in [1.807, 2.05) is 0 Å². The van der Waals surface area contributed by atoms with Gasteiger partial charge in [-0.15, -0.1) is 10.2 Å². The zero-order valence-electron chi connectivity index (χ0n) is 10.7. The standard InChI is InChI=1S/C12H20ClN3O/c1-8(2)11-14-15-12(13)16(11)9(3)10-4-6-17-7-5-10/h8-10H,4-7H2,1-3H3. The summed E-state index contributed by atoms with van der Waals surface area (Å²) in [6, 6.07) is 0.346. The molecule has 96 valence electrons. The molecule has 1 aliphatic heterocycles. The van der Waals surface area contributed by atoms with Crippen LogP contribution in [0.2, 0.25) is 5.28 Å². The second-order valence-corrected chi connectivity index (χ2v) is 5.38. The van der Waals surface area contributed by atoms with Crippen molar-refractivity contribution in [3.63, 3.8) is 0 Å². The molecule has 1 aromatic heterocycles. The molecule has 0 saturated carbocycles. The third-order valence-electron chi connectivity index (χ3n) is 3.55. The summed E-state index contributed by atoms with van der Waals surface area (Å²) in [4.78, 5) is 0. The minimum Gasteiger partial charge on any atom is -0.381 e. The number of halogens is 1. The van der Waals surface area contributed by atoms with Crippen molar-refractivity contribution in [2.45, 2.75) is 45.6 Å². The Balaban J connectivity index is 2.22. The average molecular weight is 258 g/mol. The van der Waals surface area contributed by atoms with Crippen molar-refractivity contribution in [1.29, 1.82) is 0 Å². The molecule has 0 amide bonds. The largest absolute Gasteiger partial charge is 0.381 e. The summed E-state index contributed by atoms with van der Waals surface area (Å²) >= 11 is 6.16. The number of aromatic nitrogens is 3. The lowest BCUT2D eigenvalue weighted by molar-refractivity contribution is 0.0508. The summed E-state index contributed by atoms with van der Waals surface area (Å²) in [5.41, 5.74) is 0. The fourth-order valence-corrected chi connectivity index (χ4v) is 2.74. The lowest BCUT2D eigenvalue weighted by Gasteiger charge is -2.30. The summed E-state index contributed by atoms with van der Waals surface area (Å²) in [5.74, 6) is 1.93. The van der Waals surface area contributed by atoms with Crippen LogP contribution < -0.4 is 0 Å². The van der Waals surface area contributed by atoms with E-state index in [2.05, 4.69) is 35.5 Å². The van der Waals surface area contributed by atoms with Gasteiger partial charge in [-0.05, 0) is 37.3 Å². The van der Waals surface area contributed by atoms with Gasteiger partial charge >= 0.3 is 0 Å². The molecule has 0 spiro atoms. The molecule has 1 unspecified atom stereocenters. The van der Waals surface area contributed by atoms with Gasteiger partial charge in [-0.3, -0.25) is 4.57 Å². The van der Waals surface area contributed by atoms with Crippen LogP contribution in [0.25, 0.3) is 0 Å². The van der Waals surface area contributed by atoms with Crippen molar-refractivity contribution in [3.8, 4) is 0 Å². The topological polar surface area (TPSA) is 39.9 Å². The molecule has 0 aliphatic carbocycles. The van der Waals surface area contributed by atoms with Gasteiger partial charge in [0.1, 0.15) is 5.82 Å². The van der Waals surface area contributed by atoms with Crippen molar-refractivity contribution in [2.24, 2.45) is 5.92 Å². The highest BCUT2D eigenvalue weighted by Gasteiger charge is 2.26. The number of hydrogen-bond donors (Lipinski definition) is 0. The van der Waals surface area contributed by atoms with Gasteiger partial charge in [-0.1, -0.05) is 13.8 Å². The van der Waals surface area contributed by atoms with Gasteiger partial charge in [-0.25, -0.2) is 0 Å². The van der Waals surface area contributed by atoms with Crippen molar-refractivity contribution >= 4 is 11.6 Å². The summed E-state index contributed by atoms with van der Waals surface area (Å²) in [6.45, 7) is 8.15. The Hall–Kier alpha value is -0.610. The van der Waals surface area contributed by atoms with Crippen LogP contribution in [0.1, 0.15) is 51.4 Å². The zero-order chi connectivity index (χ0) is 12.4. The van der Waals surface area contributed by atoms with Crippen molar-refractivity contribution in [2.75, 3.05) is 13.2 Å². The van der Waals surface area contributed by atoms with Gasteiger partial charge in [-0.2, -0.15) is 0 Å². The van der Waals surface area contributed by atoms with E-state index in [-0.39, 0.29) is 0 Å². The van der Waals surface area contributed by atoms with Gasteiger partial charge in [0.2, 0.25) is 5.28 Å². The fraction of sp³-hybridized carbons (Fsp3) is 0.833. The quantitative estimate of drug-likeness (QED) is 0.836. The number of hydrogen-bond acceptors (Lipinski definition) is 3. The first kappa shape index (κ1) is 12.8. The van der Waals surface area contributed by atoms with Crippen LogP contribution in [0, 0.1) is 5.92 Å². The Morgan fingerprint density at radius 3 is 2.47 bits per heavy atom. The zero-order valence-corrected chi connectivity index (χ0v) is 11.4. The molecule has 2 heterocycles. The number of rotatable bonds is 3. The highest BCUT2D eigenvalue weighted by atomic mass is 35.5. The normalized spacial score (nSPS) is 19.8. The van der Waals surface area contributed by atoms with Crippen LogP contribution in [0.4, 0.5) is 0 Å². The average Bonchev–Trinajstić information content (AvgIpc) is 2.71. The fourth-order valence-electron chi connectivity index (χ4n) is 2.46. The monoisotopic (exact) mass is 257 g/mol. The minimum atomic E-state index is 0.345. The molecule has 1 saturated heterocycles. The van der Waals surface area contributed by atoms with Gasteiger partial charge in [0.15, 0.2) is 0 Å². The van der Waals surface area contributed by atoms with E-state index in [4.69, 9.17) is 16.3 Å². The Morgan fingerprint density at radius 2 is 1.88 bits per heavy atom. The SMILES string of the molecule is CC(C)c1nnc(Cl)n1C(C)C1CCOCC1. The molecular weight excluding hydrogens is 238 g/mol. The molecule has 1 fully saturated rings. The lowest BCUT2D eigenvalue weighted by Crippen LogP contribution is -2.25. The van der Waals surface area contributed by atoms with Crippen LogP contribution in [0.3, 0.4) is 0 Å². The first-order valence-corrected chi connectivity index (χ1v) is 6.67. The summed E-state index contributed by atoms with van der Waals surface area (Å²) in [6.07, 6.45) is 2.18. The summed E-state index contributed by atoms with van der Waals surface area (Å²) in [5, 5.41) is 8.69. The van der Waals surface area contributed by atoms with Gasteiger partial charge < -0.3 is 4.74 Å². The third kappa shape index (κ3) is 2.63. The molecule has 2 rings (SSSR count). The molecule has 0 bridgehead atoms. The van der Waals surface area contributed by atoms with E-state index in [0.29, 0.717) is 23.2 Å². The van der Waals surface area contributed by atoms with E-state index in [0.717, 1.165) is 31.9 Å². The molecule has 0 radical (unpaired) electrons. The smallest absolute Gasteiger partial charge is 0.225 e. The maximum absolute atomic E-state index is 6.16. The van der Waals surface area contributed by atoms with E-state index in [9.17, 15) is 0 Å². The van der Waals surface area contributed by atoms with Crippen LogP contribution in [-0.4, -0.2) is 28.0 Å². The molecule has 0 N–H and O–H groups in total. The molecule has 5 heteroatoms. The third-order valence-corrected chi connectivity index (χ3v) is 3.81. The first-order chi connectivity index (χ1) is 8.11. The Morgan fingerprint density at radius 1 is 1.24 bits per heavy atom. The van der Waals surface area contributed by atoms with Crippen molar-refractivity contribution in [1.82, 2.24) is 14.8 Å². The van der Waals surface area contributed by atoms with Gasteiger partial charge in [0.25, 0.3) is 0 Å². The van der Waals surface area contributed by atoms with Crippen molar-refractivity contribution < 1.29 is 4.74 Å². The maximum atomic E-state index is 6.16. The lowest BCUT2D eigenvalue weighted by atomic mass is 9.92. The van der Waals surface area contributed by atoms with E-state index in [1.54, 1.807) is 0 Å². The first-order valence-electron chi connectivity index (χ1n) is 6.29. The molecule has 17 heavy (non-hydrogen) atoms. The Kier molecular flexibility index (Phi) is 4.05. The molecule has 1 aromatic rings. The van der Waals surface area contributed by atoms with Crippen LogP contribution in [0.5, 0.6) is 0 Å². The predicted molar refractivity (Wildman–Crippen MR) is 67.4 cm³/mol.